The van der Waals surface area contributed by atoms with Gasteiger partial charge in [0, 0.05) is 44.2 Å². The summed E-state index contributed by atoms with van der Waals surface area (Å²) in [6, 6.07) is 0. The Labute approximate surface area is 185 Å². The number of hydrogen-bond donors (Lipinski definition) is 1. The summed E-state index contributed by atoms with van der Waals surface area (Å²) in [5.74, 6) is 1.57. The summed E-state index contributed by atoms with van der Waals surface area (Å²) in [7, 11) is 0. The third-order valence-corrected chi connectivity index (χ3v) is 9.21. The minimum Gasteiger partial charge on any atom is -0.355 e. The molecule has 5 aliphatic carbocycles. The lowest BCUT2D eigenvalue weighted by Crippen LogP contribution is -2.64. The summed E-state index contributed by atoms with van der Waals surface area (Å²) < 4.78 is 0. The predicted molar refractivity (Wildman–Crippen MR) is 112 cm³/mol. The fourth-order valence-electron chi connectivity index (χ4n) is 7.61. The van der Waals surface area contributed by atoms with Gasteiger partial charge in [-0.15, -0.1) is 0 Å². The highest BCUT2D eigenvalue weighted by Gasteiger charge is 2.64. The molecule has 31 heavy (non-hydrogen) atoms. The molecule has 7 fully saturated rings. The van der Waals surface area contributed by atoms with Gasteiger partial charge in [-0.3, -0.25) is 4.79 Å². The molecule has 0 unspecified atom stereocenters. The van der Waals surface area contributed by atoms with Gasteiger partial charge in [0.15, 0.2) is 0 Å². The van der Waals surface area contributed by atoms with Gasteiger partial charge in [-0.1, -0.05) is 0 Å². The molecule has 0 radical (unpaired) electrons. The predicted octanol–water partition coefficient (Wildman–Crippen LogP) is 3.54. The van der Waals surface area contributed by atoms with Crippen LogP contribution in [0.4, 0.5) is 0 Å². The molecule has 0 aromatic heterocycles. The third kappa shape index (κ3) is 3.95. The van der Waals surface area contributed by atoms with Crippen molar-refractivity contribution in [3.8, 4) is 0 Å². The van der Waals surface area contributed by atoms with Crippen LogP contribution in [0, 0.1) is 29.6 Å². The molecular weight excluding hydrogens is 396 g/mol. The first kappa shape index (κ1) is 20.8. The zero-order chi connectivity index (χ0) is 20.9. The zero-order valence-corrected chi connectivity index (χ0v) is 18.7. The van der Waals surface area contributed by atoms with Crippen molar-refractivity contribution in [1.82, 2.24) is 10.2 Å². The Hall–Kier alpha value is -0.730. The van der Waals surface area contributed by atoms with Gasteiger partial charge < -0.3 is 10.2 Å². The first-order valence-electron chi connectivity index (χ1n) is 12.9. The number of nitrogens with zero attached hydrogens (tertiary/aromatic N) is 1. The van der Waals surface area contributed by atoms with Gasteiger partial charge in [-0.2, -0.15) is 19.6 Å². The first-order valence-corrected chi connectivity index (χ1v) is 12.9. The molecule has 2 saturated heterocycles. The first-order chi connectivity index (χ1) is 15.1. The van der Waals surface area contributed by atoms with Crippen LogP contribution in [0.5, 0.6) is 0 Å². The largest absolute Gasteiger partial charge is 0.355 e. The molecule has 0 aromatic carbocycles. The lowest BCUT2D eigenvalue weighted by Gasteiger charge is -2.60. The second kappa shape index (κ2) is 8.24. The van der Waals surface area contributed by atoms with Gasteiger partial charge in [-0.25, -0.2) is 0 Å². The molecule has 2 aliphatic heterocycles. The van der Waals surface area contributed by atoms with Crippen LogP contribution in [0.3, 0.4) is 0 Å². The van der Waals surface area contributed by atoms with Crippen molar-refractivity contribution >= 4 is 5.91 Å². The molecule has 7 nitrogen and oxygen atoms in total. The molecule has 7 aliphatic rings. The number of carbonyl (C=O) groups is 1. The quantitative estimate of drug-likeness (QED) is 0.668. The summed E-state index contributed by atoms with van der Waals surface area (Å²) in [6.45, 7) is 4.08. The van der Waals surface area contributed by atoms with Crippen LogP contribution in [0.15, 0.2) is 0 Å². The topological polar surface area (TPSA) is 69.3 Å². The van der Waals surface area contributed by atoms with E-state index in [0.717, 1.165) is 50.6 Å². The second-order valence-electron chi connectivity index (χ2n) is 11.3. The molecular formula is C24H38N2O5. The van der Waals surface area contributed by atoms with Crippen molar-refractivity contribution in [2.75, 3.05) is 26.2 Å². The molecule has 2 spiro atoms. The van der Waals surface area contributed by atoms with Gasteiger partial charge in [0.25, 0.3) is 0 Å². The minimum absolute atomic E-state index is 0.172. The molecule has 174 valence electrons. The van der Waals surface area contributed by atoms with E-state index >= 15 is 0 Å². The average Bonchev–Trinajstić information content (AvgIpc) is 3.28. The molecule has 4 bridgehead atoms. The summed E-state index contributed by atoms with van der Waals surface area (Å²) in [5, 5.41) is 3.10. The van der Waals surface area contributed by atoms with Crippen molar-refractivity contribution in [1.29, 1.82) is 0 Å². The maximum absolute atomic E-state index is 12.4. The lowest BCUT2D eigenvalue weighted by molar-refractivity contribution is -0.680. The fraction of sp³-hybridized carbons (Fsp3) is 0.958. The van der Waals surface area contributed by atoms with Crippen LogP contribution < -0.4 is 5.32 Å². The van der Waals surface area contributed by atoms with E-state index in [0.29, 0.717) is 24.2 Å². The average molecular weight is 435 g/mol. The highest BCUT2D eigenvalue weighted by Crippen LogP contribution is 2.61. The molecule has 5 saturated carbocycles. The van der Waals surface area contributed by atoms with Crippen LogP contribution >= 0.6 is 0 Å². The summed E-state index contributed by atoms with van der Waals surface area (Å²) in [4.78, 5) is 39.0. The van der Waals surface area contributed by atoms with Gasteiger partial charge >= 0.3 is 0 Å². The molecule has 0 atom stereocenters. The zero-order valence-electron chi connectivity index (χ0n) is 18.7. The summed E-state index contributed by atoms with van der Waals surface area (Å²) in [5.41, 5.74) is 0. The monoisotopic (exact) mass is 434 g/mol. The Morgan fingerprint density at radius 2 is 1.48 bits per heavy atom. The normalized spacial score (nSPS) is 46.8. The molecule has 0 aromatic rings. The number of amides is 1. The van der Waals surface area contributed by atoms with Crippen LogP contribution in [-0.4, -0.2) is 48.6 Å². The van der Waals surface area contributed by atoms with E-state index in [1.165, 1.54) is 58.0 Å². The second-order valence-corrected chi connectivity index (χ2v) is 11.3. The van der Waals surface area contributed by atoms with Crippen LogP contribution in [-0.2, 0) is 24.3 Å². The van der Waals surface area contributed by atoms with E-state index in [9.17, 15) is 4.79 Å². The van der Waals surface area contributed by atoms with Gasteiger partial charge in [0.1, 0.15) is 0 Å². The van der Waals surface area contributed by atoms with E-state index in [-0.39, 0.29) is 5.91 Å². The van der Waals surface area contributed by atoms with E-state index in [2.05, 4.69) is 10.2 Å². The number of rotatable bonds is 5. The minimum atomic E-state index is -0.789. The molecule has 1 amide bonds. The summed E-state index contributed by atoms with van der Waals surface area (Å²) in [6.07, 6.45) is 12.5. The number of hydrogen-bond acceptors (Lipinski definition) is 6. The third-order valence-electron chi connectivity index (χ3n) is 9.21. The van der Waals surface area contributed by atoms with Crippen LogP contribution in [0.25, 0.3) is 0 Å². The Bertz CT molecular complexity index is 631. The van der Waals surface area contributed by atoms with Gasteiger partial charge in [-0.05, 0) is 88.6 Å². The number of carbonyl (C=O) groups excluding carboxylic acids is 1. The molecule has 7 rings (SSSR count). The van der Waals surface area contributed by atoms with E-state index in [1.54, 1.807) is 0 Å². The Balaban J connectivity index is 0.957. The molecule has 2 heterocycles. The van der Waals surface area contributed by atoms with Crippen molar-refractivity contribution in [2.45, 2.75) is 88.6 Å². The SMILES string of the molecule is O=C(CC1CCC2(CC1)OOC1(OO2)C2CC3CC(C2)CC1C3)NCCN1CCCC1. The lowest BCUT2D eigenvalue weighted by atomic mass is 9.53. The maximum Gasteiger partial charge on any atom is 0.239 e. The number of nitrogens with one attached hydrogen (secondary N) is 1. The van der Waals surface area contributed by atoms with Crippen molar-refractivity contribution in [3.05, 3.63) is 0 Å². The molecule has 1 N–H and O–H groups in total. The Morgan fingerprint density at radius 3 is 2.10 bits per heavy atom. The van der Waals surface area contributed by atoms with Crippen LogP contribution in [0.1, 0.15) is 77.0 Å². The van der Waals surface area contributed by atoms with Crippen LogP contribution in [0.2, 0.25) is 0 Å². The van der Waals surface area contributed by atoms with Gasteiger partial charge in [0.05, 0.1) is 0 Å². The number of likely N-dealkylation sites (tertiary alicyclic amines) is 1. The summed E-state index contributed by atoms with van der Waals surface area (Å²) >= 11 is 0. The van der Waals surface area contributed by atoms with E-state index in [4.69, 9.17) is 19.6 Å². The molecule has 7 heteroatoms. The highest BCUT2D eigenvalue weighted by atomic mass is 17.4. The van der Waals surface area contributed by atoms with Crippen molar-refractivity contribution in [3.63, 3.8) is 0 Å². The van der Waals surface area contributed by atoms with Gasteiger partial charge in [0.2, 0.25) is 17.5 Å². The Kier molecular flexibility index (Phi) is 5.54. The fourth-order valence-corrected chi connectivity index (χ4v) is 7.61. The van der Waals surface area contributed by atoms with E-state index < -0.39 is 11.6 Å². The van der Waals surface area contributed by atoms with Crippen molar-refractivity contribution < 1.29 is 24.3 Å². The highest BCUT2D eigenvalue weighted by molar-refractivity contribution is 5.76. The maximum atomic E-state index is 12.4. The smallest absolute Gasteiger partial charge is 0.239 e. The Morgan fingerprint density at radius 1 is 0.871 bits per heavy atom. The van der Waals surface area contributed by atoms with E-state index in [1.807, 2.05) is 0 Å². The van der Waals surface area contributed by atoms with Crippen molar-refractivity contribution in [2.24, 2.45) is 29.6 Å². The standard InChI is InChI=1S/C24H38N2O5/c27-22(25-7-10-26-8-1-2-9-26)16-17-3-5-23(6-4-17)28-30-24(31-29-23)20-12-18-11-19(14-20)15-21(24)13-18/h17-21H,1-16H2,(H,25,27).